The Bertz CT molecular complexity index is 915. The van der Waals surface area contributed by atoms with Crippen molar-refractivity contribution in [1.82, 2.24) is 19.9 Å². The lowest BCUT2D eigenvalue weighted by molar-refractivity contribution is -0.129. The SMILES string of the molecule is COC[C@@]1(C(N)=O)CCCN1C(=O)Nc1nc(C)c(-c2ccnc(C(C)C)n2)s1. The topological polar surface area (TPSA) is 123 Å². The summed E-state index contributed by atoms with van der Waals surface area (Å²) >= 11 is 1.33. The highest BCUT2D eigenvalue weighted by molar-refractivity contribution is 7.19. The van der Waals surface area contributed by atoms with Gasteiger partial charge in [-0.05, 0) is 25.8 Å². The van der Waals surface area contributed by atoms with E-state index < -0.39 is 17.5 Å². The van der Waals surface area contributed by atoms with Crippen molar-refractivity contribution in [1.29, 1.82) is 0 Å². The van der Waals surface area contributed by atoms with E-state index in [-0.39, 0.29) is 12.5 Å². The number of thiazole rings is 1. The summed E-state index contributed by atoms with van der Waals surface area (Å²) in [5, 5.41) is 3.25. The fourth-order valence-corrected chi connectivity index (χ4v) is 4.44. The minimum absolute atomic E-state index is 0.0663. The third-order valence-corrected chi connectivity index (χ3v) is 6.10. The van der Waals surface area contributed by atoms with Crippen LogP contribution >= 0.6 is 11.3 Å². The van der Waals surface area contributed by atoms with Gasteiger partial charge in [0.2, 0.25) is 5.91 Å². The third kappa shape index (κ3) is 4.08. The molecule has 0 aliphatic carbocycles. The minimum atomic E-state index is -1.13. The number of hydrogen-bond donors (Lipinski definition) is 2. The van der Waals surface area contributed by atoms with Gasteiger partial charge >= 0.3 is 6.03 Å². The number of nitrogens with two attached hydrogens (primary N) is 1. The van der Waals surface area contributed by atoms with E-state index in [9.17, 15) is 9.59 Å². The third-order valence-electron chi connectivity index (χ3n) is 5.01. The van der Waals surface area contributed by atoms with Crippen molar-refractivity contribution in [3.8, 4) is 10.6 Å². The summed E-state index contributed by atoms with van der Waals surface area (Å²) in [5.41, 5.74) is 6.02. The van der Waals surface area contributed by atoms with Gasteiger partial charge < -0.3 is 15.4 Å². The lowest BCUT2D eigenvalue weighted by Crippen LogP contribution is -2.59. The highest BCUT2D eigenvalue weighted by Gasteiger charge is 2.49. The van der Waals surface area contributed by atoms with Crippen LogP contribution in [-0.4, -0.2) is 57.6 Å². The van der Waals surface area contributed by atoms with Crippen molar-refractivity contribution in [2.24, 2.45) is 5.73 Å². The van der Waals surface area contributed by atoms with Crippen LogP contribution in [0.1, 0.15) is 44.1 Å². The summed E-state index contributed by atoms with van der Waals surface area (Å²) in [6.45, 7) is 6.43. The van der Waals surface area contributed by atoms with E-state index in [4.69, 9.17) is 10.5 Å². The molecule has 1 aliphatic heterocycles. The number of anilines is 1. The van der Waals surface area contributed by atoms with Crippen molar-refractivity contribution < 1.29 is 14.3 Å². The van der Waals surface area contributed by atoms with Gasteiger partial charge in [-0.1, -0.05) is 25.2 Å². The van der Waals surface area contributed by atoms with Crippen LogP contribution in [0.3, 0.4) is 0 Å². The number of primary amides is 1. The maximum Gasteiger partial charge on any atom is 0.324 e. The molecule has 2 aromatic rings. The van der Waals surface area contributed by atoms with Crippen molar-refractivity contribution in [3.05, 3.63) is 23.8 Å². The fourth-order valence-electron chi connectivity index (χ4n) is 3.52. The van der Waals surface area contributed by atoms with E-state index in [2.05, 4.69) is 20.3 Å². The van der Waals surface area contributed by atoms with Crippen molar-refractivity contribution in [2.75, 3.05) is 25.6 Å². The monoisotopic (exact) mass is 418 g/mol. The molecule has 0 spiro atoms. The molecule has 0 bridgehead atoms. The molecule has 10 heteroatoms. The van der Waals surface area contributed by atoms with Gasteiger partial charge in [-0.25, -0.2) is 19.7 Å². The van der Waals surface area contributed by atoms with Crippen LogP contribution in [0.5, 0.6) is 0 Å². The predicted octanol–water partition coefficient (Wildman–Crippen LogP) is 2.53. The van der Waals surface area contributed by atoms with Gasteiger partial charge in [-0.3, -0.25) is 10.1 Å². The van der Waals surface area contributed by atoms with E-state index >= 15 is 0 Å². The maximum absolute atomic E-state index is 12.9. The minimum Gasteiger partial charge on any atom is -0.382 e. The molecular formula is C19H26N6O3S. The van der Waals surface area contributed by atoms with Gasteiger partial charge in [0, 0.05) is 25.8 Å². The first-order chi connectivity index (χ1) is 13.8. The maximum atomic E-state index is 12.9. The number of aryl methyl sites for hydroxylation is 1. The Morgan fingerprint density at radius 3 is 2.83 bits per heavy atom. The molecule has 1 saturated heterocycles. The lowest BCUT2D eigenvalue weighted by Gasteiger charge is -2.34. The Morgan fingerprint density at radius 1 is 1.41 bits per heavy atom. The fraction of sp³-hybridized carbons (Fsp3) is 0.526. The Kier molecular flexibility index (Phi) is 6.13. The average Bonchev–Trinajstić information content (AvgIpc) is 3.26. The van der Waals surface area contributed by atoms with Gasteiger partial charge in [0.05, 0.1) is 22.9 Å². The molecule has 29 heavy (non-hydrogen) atoms. The Balaban J connectivity index is 1.83. The predicted molar refractivity (Wildman–Crippen MR) is 111 cm³/mol. The average molecular weight is 419 g/mol. The zero-order valence-corrected chi connectivity index (χ0v) is 17.9. The highest BCUT2D eigenvalue weighted by atomic mass is 32.1. The smallest absolute Gasteiger partial charge is 0.324 e. The normalized spacial score (nSPS) is 19.0. The number of ether oxygens (including phenoxy) is 1. The molecule has 9 nitrogen and oxygen atoms in total. The zero-order chi connectivity index (χ0) is 21.2. The molecule has 0 radical (unpaired) electrons. The number of nitrogens with zero attached hydrogens (tertiary/aromatic N) is 4. The van der Waals surface area contributed by atoms with E-state index in [1.807, 2.05) is 26.8 Å². The van der Waals surface area contributed by atoms with Crippen LogP contribution < -0.4 is 11.1 Å². The first-order valence-electron chi connectivity index (χ1n) is 9.46. The van der Waals surface area contributed by atoms with Gasteiger partial charge in [0.25, 0.3) is 0 Å². The molecule has 3 N–H and O–H groups in total. The highest BCUT2D eigenvalue weighted by Crippen LogP contribution is 2.34. The van der Waals surface area contributed by atoms with Crippen LogP contribution in [0.25, 0.3) is 10.6 Å². The number of amides is 3. The molecule has 3 amide bonds. The summed E-state index contributed by atoms with van der Waals surface area (Å²) < 4.78 is 5.18. The number of nitrogens with one attached hydrogen (secondary N) is 1. The second kappa shape index (κ2) is 8.42. The Labute approximate surface area is 173 Å². The molecule has 3 rings (SSSR count). The molecule has 0 unspecified atom stereocenters. The van der Waals surface area contributed by atoms with Crippen LogP contribution in [0, 0.1) is 6.92 Å². The standard InChI is InChI=1S/C19H26N6O3S/c1-11(2)15-21-8-6-13(23-15)14-12(3)22-17(29-14)24-18(27)25-9-5-7-19(25,10-28-4)16(20)26/h6,8,11H,5,7,9-10H2,1-4H3,(H2,20,26)(H,22,24,27)/t19-/m1/s1. The van der Waals surface area contributed by atoms with E-state index in [0.717, 1.165) is 22.1 Å². The number of rotatable bonds is 6. The number of hydrogen-bond acceptors (Lipinski definition) is 7. The lowest BCUT2D eigenvalue weighted by atomic mass is 9.96. The second-order valence-electron chi connectivity index (χ2n) is 7.40. The van der Waals surface area contributed by atoms with Crippen molar-refractivity contribution in [2.45, 2.75) is 45.1 Å². The summed E-state index contributed by atoms with van der Waals surface area (Å²) in [4.78, 5) is 40.7. The van der Waals surface area contributed by atoms with Gasteiger partial charge in [-0.2, -0.15) is 0 Å². The number of methoxy groups -OCH3 is 1. The van der Waals surface area contributed by atoms with Crippen LogP contribution in [-0.2, 0) is 9.53 Å². The van der Waals surface area contributed by atoms with Crippen LogP contribution in [0.4, 0.5) is 9.93 Å². The summed E-state index contributed by atoms with van der Waals surface area (Å²) in [6, 6.07) is 1.42. The van der Waals surface area contributed by atoms with Gasteiger partial charge in [0.15, 0.2) is 5.13 Å². The number of aromatic nitrogens is 3. The molecule has 1 atom stereocenters. The number of carbonyl (C=O) groups excluding carboxylic acids is 2. The van der Waals surface area contributed by atoms with E-state index in [1.165, 1.54) is 23.3 Å². The van der Waals surface area contributed by atoms with Crippen LogP contribution in [0.2, 0.25) is 0 Å². The molecule has 1 fully saturated rings. The number of urea groups is 1. The Hall–Kier alpha value is -2.59. The summed E-state index contributed by atoms with van der Waals surface area (Å²) in [5.74, 6) is 0.397. The first-order valence-corrected chi connectivity index (χ1v) is 10.3. The van der Waals surface area contributed by atoms with Crippen LogP contribution in [0.15, 0.2) is 12.3 Å². The Morgan fingerprint density at radius 2 is 2.17 bits per heavy atom. The first kappa shape index (κ1) is 21.1. The van der Waals surface area contributed by atoms with Gasteiger partial charge in [-0.15, -0.1) is 0 Å². The van der Waals surface area contributed by atoms with Crippen molar-refractivity contribution in [3.63, 3.8) is 0 Å². The zero-order valence-electron chi connectivity index (χ0n) is 17.1. The quantitative estimate of drug-likeness (QED) is 0.743. The van der Waals surface area contributed by atoms with E-state index in [0.29, 0.717) is 24.5 Å². The largest absolute Gasteiger partial charge is 0.382 e. The molecule has 0 saturated carbocycles. The molecule has 3 heterocycles. The molecular weight excluding hydrogens is 392 g/mol. The van der Waals surface area contributed by atoms with Gasteiger partial charge in [0.1, 0.15) is 11.4 Å². The molecule has 156 valence electrons. The molecule has 0 aromatic carbocycles. The second-order valence-corrected chi connectivity index (χ2v) is 8.40. The number of carbonyl (C=O) groups is 2. The molecule has 2 aromatic heterocycles. The summed E-state index contributed by atoms with van der Waals surface area (Å²) in [7, 11) is 1.49. The van der Waals surface area contributed by atoms with Crippen molar-refractivity contribution >= 4 is 28.4 Å². The number of likely N-dealkylation sites (tertiary alicyclic amines) is 1. The summed E-state index contributed by atoms with van der Waals surface area (Å²) in [6.07, 6.45) is 2.89. The van der Waals surface area contributed by atoms with E-state index in [1.54, 1.807) is 6.20 Å². The molecule has 1 aliphatic rings.